The van der Waals surface area contributed by atoms with Crippen molar-refractivity contribution >= 4 is 29.0 Å². The Bertz CT molecular complexity index is 1540. The zero-order valence-electron chi connectivity index (χ0n) is 21.5. The summed E-state index contributed by atoms with van der Waals surface area (Å²) in [5, 5.41) is 13.4. The highest BCUT2D eigenvalue weighted by Crippen LogP contribution is 2.38. The summed E-state index contributed by atoms with van der Waals surface area (Å²) in [5.41, 5.74) is 3.07. The van der Waals surface area contributed by atoms with Crippen molar-refractivity contribution in [2.24, 2.45) is 0 Å². The van der Waals surface area contributed by atoms with Gasteiger partial charge in [0, 0.05) is 17.1 Å². The molecule has 10 heteroatoms. The van der Waals surface area contributed by atoms with Crippen LogP contribution in [0.5, 0.6) is 11.5 Å². The van der Waals surface area contributed by atoms with Gasteiger partial charge in [0.05, 0.1) is 26.0 Å². The van der Waals surface area contributed by atoms with Gasteiger partial charge in [0.25, 0.3) is 11.8 Å². The number of rotatable bonds is 7. The molecule has 198 valence electrons. The van der Waals surface area contributed by atoms with Crippen LogP contribution < -0.4 is 25.4 Å². The number of hydrogen-bond acceptors (Lipinski definition) is 6. The van der Waals surface area contributed by atoms with Crippen molar-refractivity contribution < 1.29 is 23.5 Å². The van der Waals surface area contributed by atoms with Crippen LogP contribution in [0.25, 0.3) is 0 Å². The van der Waals surface area contributed by atoms with E-state index in [1.807, 2.05) is 12.1 Å². The summed E-state index contributed by atoms with van der Waals surface area (Å²) in [5.74, 6) is 0.603. The van der Waals surface area contributed by atoms with Crippen molar-refractivity contribution in [3.63, 3.8) is 0 Å². The third-order valence-electron chi connectivity index (χ3n) is 6.39. The molecule has 0 bridgehead atoms. The van der Waals surface area contributed by atoms with Crippen molar-refractivity contribution in [1.29, 1.82) is 0 Å². The van der Waals surface area contributed by atoms with Crippen LogP contribution in [0, 0.1) is 5.82 Å². The molecule has 5 rings (SSSR count). The maximum Gasteiger partial charge on any atom is 0.261 e. The Labute approximate surface area is 224 Å². The van der Waals surface area contributed by atoms with Crippen LogP contribution >= 0.6 is 0 Å². The van der Waals surface area contributed by atoms with Crippen LogP contribution in [0.1, 0.15) is 28.9 Å². The maximum atomic E-state index is 13.6. The summed E-state index contributed by atoms with van der Waals surface area (Å²) >= 11 is 0. The highest BCUT2D eigenvalue weighted by molar-refractivity contribution is 6.09. The number of halogens is 1. The first-order valence-corrected chi connectivity index (χ1v) is 12.1. The molecule has 1 aliphatic rings. The van der Waals surface area contributed by atoms with E-state index in [2.05, 4.69) is 21.0 Å². The molecular weight excluding hydrogens is 501 g/mol. The van der Waals surface area contributed by atoms with E-state index in [1.165, 1.54) is 30.5 Å². The Balaban J connectivity index is 1.51. The normalized spacial score (nSPS) is 14.2. The number of nitrogens with one attached hydrogen (secondary N) is 3. The quantitative estimate of drug-likeness (QED) is 0.304. The average molecular weight is 528 g/mol. The lowest BCUT2D eigenvalue weighted by atomic mass is 9.94. The van der Waals surface area contributed by atoms with E-state index >= 15 is 0 Å². The first-order chi connectivity index (χ1) is 18.9. The molecule has 0 aliphatic carbocycles. The van der Waals surface area contributed by atoms with Gasteiger partial charge in [0.1, 0.15) is 34.7 Å². The monoisotopic (exact) mass is 527 g/mol. The van der Waals surface area contributed by atoms with Gasteiger partial charge in [-0.3, -0.25) is 9.59 Å². The van der Waals surface area contributed by atoms with E-state index in [9.17, 15) is 14.0 Å². The number of benzene rings is 3. The Morgan fingerprint density at radius 2 is 1.38 bits per heavy atom. The van der Waals surface area contributed by atoms with Crippen LogP contribution in [-0.2, 0) is 4.79 Å². The van der Waals surface area contributed by atoms with E-state index in [0.717, 1.165) is 5.56 Å². The molecule has 2 amide bonds. The molecule has 1 aliphatic heterocycles. The van der Waals surface area contributed by atoms with Crippen molar-refractivity contribution in [1.82, 2.24) is 9.78 Å². The second-order valence-electron chi connectivity index (χ2n) is 8.83. The molecule has 0 radical (unpaired) electrons. The molecule has 3 N–H and O–H groups in total. The topological polar surface area (TPSA) is 107 Å². The second-order valence-corrected chi connectivity index (χ2v) is 8.83. The molecule has 1 atom stereocenters. The first-order valence-electron chi connectivity index (χ1n) is 12.1. The lowest BCUT2D eigenvalue weighted by molar-refractivity contribution is -0.113. The number of carbonyl (C=O) groups is 2. The molecule has 0 saturated carbocycles. The van der Waals surface area contributed by atoms with Gasteiger partial charge in [-0.15, -0.1) is 0 Å². The largest absolute Gasteiger partial charge is 0.497 e. The second kappa shape index (κ2) is 10.7. The number of carbonyl (C=O) groups excluding carboxylic acids is 2. The Hall–Kier alpha value is -5.12. The molecule has 2 heterocycles. The van der Waals surface area contributed by atoms with E-state index in [0.29, 0.717) is 40.0 Å². The molecule has 3 aromatic carbocycles. The van der Waals surface area contributed by atoms with E-state index < -0.39 is 17.8 Å². The van der Waals surface area contributed by atoms with Gasteiger partial charge in [-0.2, -0.15) is 5.10 Å². The summed E-state index contributed by atoms with van der Waals surface area (Å²) < 4.78 is 25.4. The van der Waals surface area contributed by atoms with E-state index in [-0.39, 0.29) is 11.5 Å². The summed E-state index contributed by atoms with van der Waals surface area (Å²) in [7, 11) is 3.15. The number of fused-ring (bicyclic) bond motifs is 1. The molecular formula is C29H26FN5O4. The SMILES string of the molecule is COc1ccc(NC(=O)C2=C(C)Nc3c(C(=O)Nc4ccc(F)cc4)cnn3[C@@H]2c2ccc(OC)cc2)cc1. The summed E-state index contributed by atoms with van der Waals surface area (Å²) in [6.45, 7) is 1.78. The zero-order valence-corrected chi connectivity index (χ0v) is 21.5. The fourth-order valence-electron chi connectivity index (χ4n) is 4.41. The molecule has 0 fully saturated rings. The first kappa shape index (κ1) is 25.5. The summed E-state index contributed by atoms with van der Waals surface area (Å²) in [4.78, 5) is 26.8. The number of methoxy groups -OCH3 is 2. The van der Waals surface area contributed by atoms with Crippen molar-refractivity contribution in [3.8, 4) is 11.5 Å². The lowest BCUT2D eigenvalue weighted by Crippen LogP contribution is -2.32. The van der Waals surface area contributed by atoms with Crippen LogP contribution in [0.4, 0.5) is 21.6 Å². The average Bonchev–Trinajstić information content (AvgIpc) is 3.37. The fourth-order valence-corrected chi connectivity index (χ4v) is 4.41. The zero-order chi connectivity index (χ0) is 27.5. The van der Waals surface area contributed by atoms with Crippen LogP contribution in [0.3, 0.4) is 0 Å². The van der Waals surface area contributed by atoms with E-state index in [4.69, 9.17) is 9.47 Å². The number of hydrogen-bond donors (Lipinski definition) is 3. The molecule has 1 aromatic heterocycles. The Kier molecular flexibility index (Phi) is 7.00. The molecule has 4 aromatic rings. The molecule has 0 spiro atoms. The highest BCUT2D eigenvalue weighted by Gasteiger charge is 2.35. The van der Waals surface area contributed by atoms with Gasteiger partial charge < -0.3 is 25.4 Å². The van der Waals surface area contributed by atoms with Crippen molar-refractivity contribution in [2.45, 2.75) is 13.0 Å². The molecule has 9 nitrogen and oxygen atoms in total. The van der Waals surface area contributed by atoms with Crippen molar-refractivity contribution in [3.05, 3.63) is 107 Å². The van der Waals surface area contributed by atoms with Crippen LogP contribution in [0.15, 0.2) is 90.3 Å². The smallest absolute Gasteiger partial charge is 0.261 e. The summed E-state index contributed by atoms with van der Waals surface area (Å²) in [6.07, 6.45) is 1.44. The Morgan fingerprint density at radius 3 is 1.97 bits per heavy atom. The lowest BCUT2D eigenvalue weighted by Gasteiger charge is -2.30. The van der Waals surface area contributed by atoms with Gasteiger partial charge in [-0.1, -0.05) is 12.1 Å². The van der Waals surface area contributed by atoms with E-state index in [1.54, 1.807) is 62.2 Å². The predicted octanol–water partition coefficient (Wildman–Crippen LogP) is 5.22. The van der Waals surface area contributed by atoms with Crippen LogP contribution in [0.2, 0.25) is 0 Å². The minimum absolute atomic E-state index is 0.270. The molecule has 0 saturated heterocycles. The van der Waals surface area contributed by atoms with Crippen LogP contribution in [-0.4, -0.2) is 35.8 Å². The van der Waals surface area contributed by atoms with Gasteiger partial charge in [-0.05, 0) is 73.2 Å². The maximum absolute atomic E-state index is 13.6. The van der Waals surface area contributed by atoms with Gasteiger partial charge >= 0.3 is 0 Å². The number of nitrogens with zero attached hydrogens (tertiary/aromatic N) is 2. The molecule has 0 unspecified atom stereocenters. The minimum atomic E-state index is -0.641. The standard InChI is InChI=1S/C29H26FN5O4/c1-17-25(29(37)34-21-10-14-23(39-3)15-11-21)26(18-4-12-22(38-2)13-5-18)35-27(32-17)24(16-31-35)28(36)33-20-8-6-19(30)7-9-20/h4-16,26,32H,1-3H3,(H,33,36)(H,34,37)/t26-/m1/s1. The summed E-state index contributed by atoms with van der Waals surface area (Å²) in [6, 6.07) is 19.2. The fraction of sp³-hybridized carbons (Fsp3) is 0.138. The minimum Gasteiger partial charge on any atom is -0.497 e. The number of aromatic nitrogens is 2. The highest BCUT2D eigenvalue weighted by atomic mass is 19.1. The third kappa shape index (κ3) is 5.17. The van der Waals surface area contributed by atoms with Gasteiger partial charge in [-0.25, -0.2) is 9.07 Å². The number of anilines is 3. The van der Waals surface area contributed by atoms with Crippen molar-refractivity contribution in [2.75, 3.05) is 30.2 Å². The number of allylic oxidation sites excluding steroid dienone is 1. The molecule has 39 heavy (non-hydrogen) atoms. The Morgan fingerprint density at radius 1 is 0.846 bits per heavy atom. The van der Waals surface area contributed by atoms with Gasteiger partial charge in [0.2, 0.25) is 0 Å². The number of amides is 2. The predicted molar refractivity (Wildman–Crippen MR) is 146 cm³/mol. The third-order valence-corrected chi connectivity index (χ3v) is 6.39. The number of ether oxygens (including phenoxy) is 2. The van der Waals surface area contributed by atoms with Gasteiger partial charge in [0.15, 0.2) is 0 Å².